The van der Waals surface area contributed by atoms with E-state index in [1.165, 1.54) is 12.1 Å². The Balaban J connectivity index is 1.94. The fraction of sp³-hybridized carbons (Fsp3) is 0.290. The lowest BCUT2D eigenvalue weighted by Gasteiger charge is -2.22. The molecule has 0 atom stereocenters. The second kappa shape index (κ2) is 17.0. The van der Waals surface area contributed by atoms with Gasteiger partial charge in [-0.05, 0) is 53.8 Å². The van der Waals surface area contributed by atoms with Gasteiger partial charge in [-0.15, -0.1) is 0 Å². The minimum Gasteiger partial charge on any atom is -0.372 e. The predicted octanol–water partition coefficient (Wildman–Crippen LogP) is 7.39. The molecule has 0 unspecified atom stereocenters. The monoisotopic (exact) mass is 673 g/mol. The van der Waals surface area contributed by atoms with Crippen molar-refractivity contribution in [1.29, 1.82) is 0 Å². The number of unbranched alkanes of at least 4 members (excludes halogenated alkanes) is 2. The number of hydrogen-bond donors (Lipinski definition) is 4. The summed E-state index contributed by atoms with van der Waals surface area (Å²) < 4.78 is 0. The van der Waals surface area contributed by atoms with Crippen molar-refractivity contribution in [2.75, 3.05) is 23.7 Å². The first kappa shape index (κ1) is 34.8. The molecule has 0 radical (unpaired) electrons. The third kappa shape index (κ3) is 9.68. The molecule has 0 aliphatic rings. The van der Waals surface area contributed by atoms with Crippen molar-refractivity contribution >= 4 is 86.5 Å². The fourth-order valence-electron chi connectivity index (χ4n) is 4.32. The van der Waals surface area contributed by atoms with Gasteiger partial charge in [0.25, 0.3) is 17.5 Å². The number of nitrogens with zero attached hydrogens (tertiary/aromatic N) is 1. The maximum Gasteiger partial charge on any atom is 0.283 e. The average Bonchev–Trinajstić information content (AvgIpc) is 2.99. The second-order valence-electron chi connectivity index (χ2n) is 9.88. The van der Waals surface area contributed by atoms with E-state index in [4.69, 9.17) is 47.6 Å². The molecular weight excluding hydrogens is 641 g/mol. The molecule has 0 aliphatic heterocycles. The van der Waals surface area contributed by atoms with Crippen LogP contribution in [0.4, 0.5) is 17.1 Å². The zero-order chi connectivity index (χ0) is 32.2. The van der Waals surface area contributed by atoms with Gasteiger partial charge >= 0.3 is 0 Å². The molecule has 2 amide bonds. The van der Waals surface area contributed by atoms with Gasteiger partial charge in [0.05, 0.1) is 4.92 Å². The van der Waals surface area contributed by atoms with Gasteiger partial charge in [-0.1, -0.05) is 98.6 Å². The van der Waals surface area contributed by atoms with E-state index < -0.39 is 22.7 Å². The van der Waals surface area contributed by atoms with Crippen molar-refractivity contribution in [2.24, 2.45) is 0 Å². The normalized spacial score (nSPS) is 10.7. The van der Waals surface area contributed by atoms with Gasteiger partial charge in [0, 0.05) is 52.6 Å². The van der Waals surface area contributed by atoms with Crippen molar-refractivity contribution < 1.29 is 14.5 Å². The number of halogens is 2. The summed E-state index contributed by atoms with van der Waals surface area (Å²) in [5, 5.41) is 23.5. The Morgan fingerprint density at radius 1 is 0.795 bits per heavy atom. The topological polar surface area (TPSA) is 125 Å². The van der Waals surface area contributed by atoms with Crippen LogP contribution in [0, 0.1) is 10.1 Å². The van der Waals surface area contributed by atoms with E-state index in [0.29, 0.717) is 51.2 Å². The maximum atomic E-state index is 12.6. The molecule has 4 N–H and O–H groups in total. The zero-order valence-electron chi connectivity index (χ0n) is 24.2. The number of benzene rings is 3. The number of anilines is 2. The van der Waals surface area contributed by atoms with Gasteiger partial charge in [0.1, 0.15) is 0 Å². The van der Waals surface area contributed by atoms with E-state index in [9.17, 15) is 19.7 Å². The molecule has 9 nitrogen and oxygen atoms in total. The Hall–Kier alpha value is -3.64. The van der Waals surface area contributed by atoms with Gasteiger partial charge in [-0.3, -0.25) is 19.7 Å². The van der Waals surface area contributed by atoms with Crippen LogP contribution in [0.2, 0.25) is 10.0 Å². The van der Waals surface area contributed by atoms with Gasteiger partial charge in [0.2, 0.25) is 0 Å². The first-order valence-corrected chi connectivity index (χ1v) is 15.6. The largest absolute Gasteiger partial charge is 0.372 e. The molecule has 0 saturated carbocycles. The predicted molar refractivity (Wildman–Crippen MR) is 185 cm³/mol. The number of nitro groups is 1. The Morgan fingerprint density at radius 2 is 1.27 bits per heavy atom. The maximum absolute atomic E-state index is 12.6. The van der Waals surface area contributed by atoms with Crippen LogP contribution >= 0.6 is 47.6 Å². The first-order chi connectivity index (χ1) is 21.0. The van der Waals surface area contributed by atoms with Crippen molar-refractivity contribution in [3.05, 3.63) is 97.5 Å². The number of hydrogen-bond acceptors (Lipinski definition) is 6. The summed E-state index contributed by atoms with van der Waals surface area (Å²) in [6.07, 6.45) is 3.69. The highest BCUT2D eigenvalue weighted by molar-refractivity contribution is 7.82. The number of nitro benzene ring substituents is 1. The van der Waals surface area contributed by atoms with Crippen molar-refractivity contribution in [2.45, 2.75) is 45.4 Å². The Morgan fingerprint density at radius 3 is 1.68 bits per heavy atom. The van der Waals surface area contributed by atoms with Crippen molar-refractivity contribution in [3.63, 3.8) is 0 Å². The van der Waals surface area contributed by atoms with E-state index in [2.05, 4.69) is 21.3 Å². The van der Waals surface area contributed by atoms with Crippen LogP contribution in [0.3, 0.4) is 0 Å². The molecule has 0 spiro atoms. The second-order valence-corrected chi connectivity index (χ2v) is 11.5. The molecule has 44 heavy (non-hydrogen) atoms. The van der Waals surface area contributed by atoms with E-state index >= 15 is 0 Å². The van der Waals surface area contributed by atoms with Gasteiger partial charge < -0.3 is 21.3 Å². The van der Waals surface area contributed by atoms with Crippen LogP contribution < -0.4 is 21.3 Å². The number of rotatable bonds is 12. The molecule has 3 aromatic carbocycles. The minimum absolute atomic E-state index is 0.0737. The van der Waals surface area contributed by atoms with Crippen LogP contribution in [-0.2, 0) is 9.59 Å². The van der Waals surface area contributed by atoms with Crippen molar-refractivity contribution in [3.8, 4) is 0 Å². The van der Waals surface area contributed by atoms with E-state index in [1.807, 2.05) is 13.8 Å². The summed E-state index contributed by atoms with van der Waals surface area (Å²) in [7, 11) is 0. The number of carbonyl (C=O) groups excluding carboxylic acids is 2. The lowest BCUT2D eigenvalue weighted by molar-refractivity contribution is -0.384. The number of nitrogens with one attached hydrogen (secondary N) is 4. The van der Waals surface area contributed by atoms with Gasteiger partial charge in [-0.25, -0.2) is 0 Å². The van der Waals surface area contributed by atoms with Crippen LogP contribution in [0.25, 0.3) is 0 Å². The number of amides is 2. The van der Waals surface area contributed by atoms with E-state index in [-0.39, 0.29) is 15.7 Å². The Bertz CT molecular complexity index is 1470. The summed E-state index contributed by atoms with van der Waals surface area (Å²) in [6.45, 7) is 5.27. The third-order valence-corrected chi connectivity index (χ3v) is 7.91. The van der Waals surface area contributed by atoms with Gasteiger partial charge in [0.15, 0.2) is 9.98 Å². The molecule has 0 fully saturated rings. The fourth-order valence-corrected chi connectivity index (χ4v) is 5.20. The number of thiocarbonyl (C=S) groups is 2. The summed E-state index contributed by atoms with van der Waals surface area (Å²) in [4.78, 5) is 36.4. The Kier molecular flexibility index (Phi) is 13.5. The van der Waals surface area contributed by atoms with Crippen LogP contribution in [0.1, 0.15) is 62.1 Å². The molecule has 13 heteroatoms. The third-order valence-electron chi connectivity index (χ3n) is 6.60. The highest BCUT2D eigenvalue weighted by atomic mass is 35.5. The molecule has 3 aromatic rings. The molecule has 3 rings (SSSR count). The molecule has 232 valence electrons. The Labute approximate surface area is 277 Å². The lowest BCUT2D eigenvalue weighted by atomic mass is 9.84. The summed E-state index contributed by atoms with van der Waals surface area (Å²) in [5.74, 6) is -1.55. The van der Waals surface area contributed by atoms with Gasteiger partial charge in [-0.2, -0.15) is 0 Å². The number of non-ortho nitro benzene ring substituents is 1. The van der Waals surface area contributed by atoms with E-state index in [1.54, 1.807) is 48.5 Å². The summed E-state index contributed by atoms with van der Waals surface area (Å²) in [6, 6.07) is 16.2. The zero-order valence-corrected chi connectivity index (χ0v) is 27.4. The van der Waals surface area contributed by atoms with E-state index in [0.717, 1.165) is 25.7 Å². The smallest absolute Gasteiger partial charge is 0.283 e. The molecule has 0 aromatic heterocycles. The lowest BCUT2D eigenvalue weighted by Crippen LogP contribution is -2.34. The highest BCUT2D eigenvalue weighted by Gasteiger charge is 2.25. The molecule has 0 saturated heterocycles. The molecule has 0 heterocycles. The summed E-state index contributed by atoms with van der Waals surface area (Å²) >= 11 is 23.9. The standard InChI is InChI=1S/C31H33Cl2N5O4S2/c1-3-5-14-34-30(43)28(39)36-20-10-12-23(25(32)17-20)27(19-8-7-9-22(16-19)38(41)42)24-13-11-21(18-26(24)33)37-29(40)31(44)35-15-6-4-2/h7-13,16-18,27H,3-6,14-15H2,1-2H3,(H,34,43)(H,35,44)(H,36,39)(H,37,40). The molecule has 0 aliphatic carbocycles. The van der Waals surface area contributed by atoms with Crippen LogP contribution in [0.15, 0.2) is 60.7 Å². The summed E-state index contributed by atoms with van der Waals surface area (Å²) in [5.41, 5.74) is 2.50. The number of carbonyl (C=O) groups is 2. The molecular formula is C31H33Cl2N5O4S2. The molecule has 0 bridgehead atoms. The van der Waals surface area contributed by atoms with Crippen molar-refractivity contribution in [1.82, 2.24) is 10.6 Å². The first-order valence-electron chi connectivity index (χ1n) is 14.1. The highest BCUT2D eigenvalue weighted by Crippen LogP contribution is 2.41. The quantitative estimate of drug-likeness (QED) is 0.0516. The average molecular weight is 675 g/mol. The minimum atomic E-state index is -0.627. The van der Waals surface area contributed by atoms with Crippen LogP contribution in [-0.4, -0.2) is 39.8 Å². The SMILES string of the molecule is CCCCNC(=S)C(=O)Nc1ccc(C(c2cccc([N+](=O)[O-])c2)c2ccc(NC(=O)C(=S)NCCCC)cc2Cl)c(Cl)c1. The van der Waals surface area contributed by atoms with Crippen LogP contribution in [0.5, 0.6) is 0 Å².